The van der Waals surface area contributed by atoms with Crippen molar-refractivity contribution >= 4 is 43.3 Å². The molecule has 0 spiro atoms. The van der Waals surface area contributed by atoms with Crippen molar-refractivity contribution in [3.8, 4) is 11.5 Å². The summed E-state index contributed by atoms with van der Waals surface area (Å²) >= 11 is 0. The van der Waals surface area contributed by atoms with Crippen LogP contribution in [0.1, 0.15) is 53.9 Å². The molecule has 0 N–H and O–H groups in total. The Morgan fingerprint density at radius 3 is 1.67 bits per heavy atom. The predicted molar refractivity (Wildman–Crippen MR) is 135 cm³/mol. The van der Waals surface area contributed by atoms with Gasteiger partial charge in [0.15, 0.2) is 0 Å². The summed E-state index contributed by atoms with van der Waals surface area (Å²) in [7, 11) is 13.7. The Morgan fingerprint density at radius 1 is 0.800 bits per heavy atom. The number of hydrogen-bond acceptors (Lipinski definition) is 4. The molecule has 0 saturated carbocycles. The van der Waals surface area contributed by atoms with Gasteiger partial charge in [-0.2, -0.15) is 0 Å². The van der Waals surface area contributed by atoms with Crippen LogP contribution in [0.3, 0.4) is 0 Å². The lowest BCUT2D eigenvalue weighted by Gasteiger charge is -2.25. The van der Waals surface area contributed by atoms with E-state index in [9.17, 15) is 0 Å². The maximum atomic E-state index is 5.80. The summed E-state index contributed by atoms with van der Waals surface area (Å²) in [5, 5.41) is 0. The molecule has 2 aromatic rings. The third-order valence-electron chi connectivity index (χ3n) is 4.58. The van der Waals surface area contributed by atoms with Gasteiger partial charge in [0.2, 0.25) is 0 Å². The Bertz CT molecular complexity index is 689. The van der Waals surface area contributed by atoms with Gasteiger partial charge in [0.1, 0.15) is 11.5 Å². The molecule has 0 amide bonds. The quantitative estimate of drug-likeness (QED) is 0.313. The van der Waals surface area contributed by atoms with E-state index < -0.39 is 0 Å². The van der Waals surface area contributed by atoms with E-state index in [2.05, 4.69) is 27.7 Å². The molecular weight excluding hydrogens is 455 g/mol. The first-order chi connectivity index (χ1) is 14.3. The van der Waals surface area contributed by atoms with E-state index in [1.54, 1.807) is 0 Å². The Balaban J connectivity index is 0.000000346. The molecule has 2 rings (SSSR count). The maximum Gasteiger partial charge on any atom is 0.119 e. The van der Waals surface area contributed by atoms with E-state index in [0.29, 0.717) is 12.0 Å². The van der Waals surface area contributed by atoms with Crippen molar-refractivity contribution in [2.24, 2.45) is 11.3 Å². The SMILES string of the molecule is CC(C)CCC(C)(C)CCOc1ccc(SCl)cc1.CCOc1ccc(SCl)cc1. The fourth-order valence-corrected chi connectivity index (χ4v) is 3.69. The minimum atomic E-state index is 0.357. The fraction of sp³-hybridized carbons (Fsp3) is 0.500. The van der Waals surface area contributed by atoms with Gasteiger partial charge in [-0.05, 0) is 123 Å². The Labute approximate surface area is 200 Å². The van der Waals surface area contributed by atoms with E-state index in [1.165, 1.54) is 34.8 Å². The molecule has 0 aliphatic heterocycles. The lowest BCUT2D eigenvalue weighted by Crippen LogP contribution is -2.16. The van der Waals surface area contributed by atoms with Gasteiger partial charge in [0, 0.05) is 9.79 Å². The lowest BCUT2D eigenvalue weighted by molar-refractivity contribution is 0.208. The summed E-state index contributed by atoms with van der Waals surface area (Å²) in [6, 6.07) is 15.6. The van der Waals surface area contributed by atoms with Crippen molar-refractivity contribution in [2.75, 3.05) is 13.2 Å². The minimum absolute atomic E-state index is 0.357. The average molecular weight is 490 g/mol. The van der Waals surface area contributed by atoms with E-state index >= 15 is 0 Å². The molecule has 2 aromatic carbocycles. The highest BCUT2D eigenvalue weighted by Gasteiger charge is 2.18. The van der Waals surface area contributed by atoms with Crippen LogP contribution < -0.4 is 9.47 Å². The zero-order chi connectivity index (χ0) is 22.4. The number of ether oxygens (including phenoxy) is 2. The summed E-state index contributed by atoms with van der Waals surface area (Å²) in [6.07, 6.45) is 3.64. The van der Waals surface area contributed by atoms with Crippen LogP contribution in [-0.4, -0.2) is 13.2 Å². The number of rotatable bonds is 11. The molecule has 0 aromatic heterocycles. The summed E-state index contributed by atoms with van der Waals surface area (Å²) in [4.78, 5) is 2.08. The molecule has 30 heavy (non-hydrogen) atoms. The van der Waals surface area contributed by atoms with E-state index in [0.717, 1.165) is 40.2 Å². The van der Waals surface area contributed by atoms with Crippen LogP contribution >= 0.6 is 43.3 Å². The number of benzene rings is 2. The molecule has 0 radical (unpaired) electrons. The number of hydrogen-bond donors (Lipinski definition) is 0. The summed E-state index contributed by atoms with van der Waals surface area (Å²) < 4.78 is 11.0. The first kappa shape index (κ1) is 27.4. The van der Waals surface area contributed by atoms with E-state index in [-0.39, 0.29) is 0 Å². The third-order valence-corrected chi connectivity index (χ3v) is 6.55. The standard InChI is InChI=1S/C16H25ClOS.C8H9ClOS/c1-13(2)9-10-16(3,4)11-12-18-14-5-7-15(19-17)8-6-14;1-2-10-7-3-5-8(11-9)6-4-7/h5-8,13H,9-12H2,1-4H3;3-6H,2H2,1H3. The second-order valence-corrected chi connectivity index (χ2v) is 10.4. The zero-order valence-corrected chi connectivity index (χ0v) is 21.8. The first-order valence-electron chi connectivity index (χ1n) is 10.3. The second-order valence-electron chi connectivity index (χ2n) is 8.23. The lowest BCUT2D eigenvalue weighted by atomic mass is 9.83. The molecule has 0 heterocycles. The molecule has 0 bridgehead atoms. The third kappa shape index (κ3) is 12.2. The van der Waals surface area contributed by atoms with Crippen molar-refractivity contribution in [3.05, 3.63) is 48.5 Å². The summed E-state index contributed by atoms with van der Waals surface area (Å²) in [5.41, 5.74) is 0.357. The van der Waals surface area contributed by atoms with Crippen LogP contribution in [0.5, 0.6) is 11.5 Å². The molecule has 0 saturated heterocycles. The van der Waals surface area contributed by atoms with Crippen LogP contribution in [-0.2, 0) is 0 Å². The zero-order valence-electron chi connectivity index (χ0n) is 18.6. The molecule has 0 atom stereocenters. The number of halogens is 2. The Hall–Kier alpha value is -0.680. The minimum Gasteiger partial charge on any atom is -0.494 e. The fourth-order valence-electron chi connectivity index (χ4n) is 2.59. The molecular formula is C24H34Cl2O2S2. The van der Waals surface area contributed by atoms with Gasteiger partial charge in [-0.15, -0.1) is 0 Å². The second kappa shape index (κ2) is 15.2. The van der Waals surface area contributed by atoms with E-state index in [4.69, 9.17) is 30.8 Å². The van der Waals surface area contributed by atoms with Crippen molar-refractivity contribution in [1.82, 2.24) is 0 Å². The van der Waals surface area contributed by atoms with Crippen LogP contribution in [0, 0.1) is 11.3 Å². The van der Waals surface area contributed by atoms with Crippen LogP contribution in [0.4, 0.5) is 0 Å². The van der Waals surface area contributed by atoms with Crippen molar-refractivity contribution in [3.63, 3.8) is 0 Å². The Morgan fingerprint density at radius 2 is 1.27 bits per heavy atom. The molecule has 2 nitrogen and oxygen atoms in total. The van der Waals surface area contributed by atoms with E-state index in [1.807, 2.05) is 55.5 Å². The van der Waals surface area contributed by atoms with Gasteiger partial charge in [-0.3, -0.25) is 0 Å². The largest absolute Gasteiger partial charge is 0.494 e. The summed E-state index contributed by atoms with van der Waals surface area (Å²) in [5.74, 6) is 2.59. The highest BCUT2D eigenvalue weighted by Crippen LogP contribution is 2.29. The molecule has 168 valence electrons. The Kier molecular flexibility index (Phi) is 13.8. The molecule has 0 unspecified atom stereocenters. The van der Waals surface area contributed by atoms with Crippen LogP contribution in [0.2, 0.25) is 0 Å². The van der Waals surface area contributed by atoms with Gasteiger partial charge in [-0.25, -0.2) is 0 Å². The summed E-state index contributed by atoms with van der Waals surface area (Å²) in [6.45, 7) is 12.7. The first-order valence-corrected chi connectivity index (χ1v) is 13.6. The smallest absolute Gasteiger partial charge is 0.119 e. The highest BCUT2D eigenvalue weighted by molar-refractivity contribution is 8.21. The van der Waals surface area contributed by atoms with Crippen LogP contribution in [0.25, 0.3) is 0 Å². The molecule has 0 aliphatic carbocycles. The van der Waals surface area contributed by atoms with Gasteiger partial charge < -0.3 is 9.47 Å². The molecule has 0 aliphatic rings. The highest BCUT2D eigenvalue weighted by atomic mass is 35.7. The van der Waals surface area contributed by atoms with Gasteiger partial charge in [0.25, 0.3) is 0 Å². The van der Waals surface area contributed by atoms with Gasteiger partial charge in [0.05, 0.1) is 13.2 Å². The topological polar surface area (TPSA) is 18.5 Å². The van der Waals surface area contributed by atoms with Crippen molar-refractivity contribution in [2.45, 2.75) is 63.7 Å². The normalized spacial score (nSPS) is 11.1. The van der Waals surface area contributed by atoms with Gasteiger partial charge in [-0.1, -0.05) is 34.1 Å². The monoisotopic (exact) mass is 488 g/mol. The molecule has 6 heteroatoms. The van der Waals surface area contributed by atoms with Gasteiger partial charge >= 0.3 is 0 Å². The average Bonchev–Trinajstić information content (AvgIpc) is 2.74. The van der Waals surface area contributed by atoms with Crippen LogP contribution in [0.15, 0.2) is 58.3 Å². The van der Waals surface area contributed by atoms with Crippen molar-refractivity contribution < 1.29 is 9.47 Å². The predicted octanol–water partition coefficient (Wildman–Crippen LogP) is 9.49. The maximum absolute atomic E-state index is 5.80. The van der Waals surface area contributed by atoms with Crippen molar-refractivity contribution in [1.29, 1.82) is 0 Å². The molecule has 0 fully saturated rings.